The molecule has 3 fully saturated rings. The van der Waals surface area contributed by atoms with Gasteiger partial charge in [-0.3, -0.25) is 38.6 Å². The van der Waals surface area contributed by atoms with E-state index in [0.29, 0.717) is 80.2 Å². The number of aromatic nitrogens is 8. The summed E-state index contributed by atoms with van der Waals surface area (Å²) in [5.41, 5.74) is 14.3. The fraction of sp³-hybridized carbons (Fsp3) is 0.358. The number of nitrogens with zero attached hydrogens (tertiary/aromatic N) is 15. The number of imidazole rings is 4. The Morgan fingerprint density at radius 3 is 1.37 bits per heavy atom. The van der Waals surface area contributed by atoms with E-state index < -0.39 is 0 Å². The van der Waals surface area contributed by atoms with E-state index in [9.17, 15) is 28.8 Å². The topological polar surface area (TPSA) is 244 Å². The van der Waals surface area contributed by atoms with Crippen molar-refractivity contribution in [2.45, 2.75) is 70.7 Å². The van der Waals surface area contributed by atoms with Crippen LogP contribution in [-0.4, -0.2) is 241 Å². The van der Waals surface area contributed by atoms with Crippen molar-refractivity contribution >= 4 is 79.6 Å². The number of likely N-dealkylation sites (N-methyl/N-ethyl adjacent to an activating group) is 1. The van der Waals surface area contributed by atoms with Gasteiger partial charge in [0.05, 0.1) is 79.5 Å². The van der Waals surface area contributed by atoms with E-state index in [4.69, 9.17) is 15.0 Å². The lowest BCUT2D eigenvalue weighted by Gasteiger charge is -2.34. The molecule has 11 aromatic rings. The SMILES string of the molecule is CN(C)CCCN(C)C(=O)c1cccc(-c2nc3cccc4c3n2CCNC4=O)c1.CN(C)Cc1nc2cccc3c2n1CCNC3=O.CN1CCN(C(=O)c2cccc(-c3nc4cccc5c4n3CCNC5=O)c2)CC1.O=C1NCCn2c(CN3CC4CC3CN4Cc3ccccc3)nc3cccc1c32. The number of para-hydroxylation sites is 4. The smallest absolute Gasteiger partial charge is 0.253 e. The minimum absolute atomic E-state index is 0.000108. The van der Waals surface area contributed by atoms with Crippen molar-refractivity contribution in [2.24, 2.45) is 0 Å². The highest BCUT2D eigenvalue weighted by atomic mass is 16.2. The van der Waals surface area contributed by atoms with Crippen LogP contribution in [-0.2, 0) is 45.8 Å². The average Bonchev–Trinajstić information content (AvgIpc) is 1.62. The first kappa shape index (κ1) is 70.7. The lowest BCUT2D eigenvalue weighted by atomic mass is 10.1. The minimum Gasteiger partial charge on any atom is -0.350 e. The number of hydrogen-bond acceptors (Lipinski definition) is 15. The Morgan fingerprint density at radius 1 is 0.443 bits per heavy atom. The number of likely N-dealkylation sites (tertiary alicyclic amines) is 2. The third-order valence-electron chi connectivity index (χ3n) is 21.2. The Morgan fingerprint density at radius 2 is 0.877 bits per heavy atom. The van der Waals surface area contributed by atoms with Crippen molar-refractivity contribution in [3.05, 3.63) is 202 Å². The quantitative estimate of drug-likeness (QED) is 0.0830. The summed E-state index contributed by atoms with van der Waals surface area (Å²) < 4.78 is 8.58. The summed E-state index contributed by atoms with van der Waals surface area (Å²) in [5, 5.41) is 11.8. The fourth-order valence-electron chi connectivity index (χ4n) is 15.9. The van der Waals surface area contributed by atoms with Gasteiger partial charge in [-0.1, -0.05) is 78.9 Å². The molecule has 106 heavy (non-hydrogen) atoms. The Balaban J connectivity index is 0.000000115. The first-order valence-corrected chi connectivity index (χ1v) is 36.8. The Labute approximate surface area is 615 Å². The number of benzene rings is 7. The molecular weight excluding hydrogens is 1340 g/mol. The molecule has 18 rings (SSSR count). The van der Waals surface area contributed by atoms with Crippen LogP contribution in [0.3, 0.4) is 0 Å². The normalized spacial score (nSPS) is 17.7. The number of nitrogens with one attached hydrogen (secondary N) is 4. The molecule has 0 spiro atoms. The Bertz CT molecular complexity index is 5160. The molecule has 546 valence electrons. The van der Waals surface area contributed by atoms with Gasteiger partial charge >= 0.3 is 0 Å². The van der Waals surface area contributed by atoms with Crippen LogP contribution in [0.5, 0.6) is 0 Å². The highest BCUT2D eigenvalue weighted by Crippen LogP contribution is 2.36. The van der Waals surface area contributed by atoms with Crippen LogP contribution in [0.2, 0.25) is 0 Å². The molecule has 3 saturated heterocycles. The second kappa shape index (κ2) is 30.6. The van der Waals surface area contributed by atoms with Gasteiger partial charge in [-0.05, 0) is 133 Å². The van der Waals surface area contributed by atoms with Gasteiger partial charge in [0.25, 0.3) is 35.4 Å². The van der Waals surface area contributed by atoms with Crippen LogP contribution in [0.4, 0.5) is 0 Å². The number of piperazine rings is 2. The number of amides is 6. The standard InChI is InChI=1S/C23H27N5O2.C23H25N5O.C22H23N5O2.C13H16N4O/c1-26(2)12-6-13-27(3)23(30)17-8-4-7-16(15-17)21-25-19-10-5-9-18-20(19)28(21)14-11-24-22(18)29;29-23-19-7-4-8-20-22(19)28(10-9-24-23)21(25-20)15-27-14-17-11-18(27)13-26(17)12-16-5-2-1-3-6-16;1-25-10-12-26(13-11-25)22(29)16-5-2-4-15(14-16)20-24-18-7-3-6-17-19(18)27(20)9-8-23-21(17)28;1-16(2)8-11-15-10-5-3-4-9-12(10)17(11)7-6-14-13(9)18/h4-5,7-10,15H,6,11-14H2,1-3H3,(H,24,29);1-8,17-18H,9-15H2,(H,24,29);2-7,14H,8-13H2,1H3,(H,23,28);3-5H,6-8H2,1-2H3,(H,14,18). The summed E-state index contributed by atoms with van der Waals surface area (Å²) in [6.07, 6.45) is 2.17. The maximum absolute atomic E-state index is 13.0. The van der Waals surface area contributed by atoms with Gasteiger partial charge in [-0.15, -0.1) is 0 Å². The predicted octanol–water partition coefficient (Wildman–Crippen LogP) is 7.38. The van der Waals surface area contributed by atoms with Crippen LogP contribution < -0.4 is 21.3 Å². The summed E-state index contributed by atoms with van der Waals surface area (Å²) >= 11 is 0. The molecule has 6 amide bonds. The molecule has 4 aromatic heterocycles. The molecule has 25 nitrogen and oxygen atoms in total. The molecule has 7 aliphatic heterocycles. The van der Waals surface area contributed by atoms with Gasteiger partial charge in [-0.25, -0.2) is 19.9 Å². The van der Waals surface area contributed by atoms with E-state index in [-0.39, 0.29) is 35.4 Å². The average molecular weight is 1430 g/mol. The molecule has 2 atom stereocenters. The third kappa shape index (κ3) is 14.5. The molecule has 0 saturated carbocycles. The lowest BCUT2D eigenvalue weighted by Crippen LogP contribution is -2.47. The molecule has 7 aliphatic rings. The van der Waals surface area contributed by atoms with Gasteiger partial charge in [0.1, 0.15) is 23.3 Å². The van der Waals surface area contributed by atoms with Gasteiger partial charge in [-0.2, -0.15) is 0 Å². The maximum atomic E-state index is 13.0. The monoisotopic (exact) mass is 1430 g/mol. The molecule has 4 N–H and O–H groups in total. The number of rotatable bonds is 14. The van der Waals surface area contributed by atoms with Crippen molar-refractivity contribution < 1.29 is 28.8 Å². The number of carbonyl (C=O) groups is 6. The summed E-state index contributed by atoms with van der Waals surface area (Å²) in [7, 11) is 12.0. The predicted molar refractivity (Wildman–Crippen MR) is 410 cm³/mol. The van der Waals surface area contributed by atoms with Crippen LogP contribution in [0.25, 0.3) is 66.9 Å². The van der Waals surface area contributed by atoms with Crippen molar-refractivity contribution in [3.63, 3.8) is 0 Å². The second-order valence-corrected chi connectivity index (χ2v) is 29.0. The maximum Gasteiger partial charge on any atom is 0.253 e. The molecule has 25 heteroatoms. The van der Waals surface area contributed by atoms with Crippen LogP contribution in [0, 0.1) is 0 Å². The molecule has 2 bridgehead atoms. The molecule has 0 radical (unpaired) electrons. The first-order chi connectivity index (χ1) is 51.5. The van der Waals surface area contributed by atoms with Gasteiger partial charge < -0.3 is 64.0 Å². The van der Waals surface area contributed by atoms with Crippen LogP contribution in [0.15, 0.2) is 152 Å². The van der Waals surface area contributed by atoms with E-state index in [1.165, 1.54) is 12.0 Å². The molecule has 7 aromatic carbocycles. The summed E-state index contributed by atoms with van der Waals surface area (Å²) in [4.78, 5) is 110. The zero-order valence-electron chi connectivity index (χ0n) is 61.1. The van der Waals surface area contributed by atoms with E-state index in [1.807, 2.05) is 161 Å². The van der Waals surface area contributed by atoms with Crippen molar-refractivity contribution in [1.29, 1.82) is 0 Å². The largest absolute Gasteiger partial charge is 0.350 e. The zero-order chi connectivity index (χ0) is 73.3. The first-order valence-electron chi connectivity index (χ1n) is 36.8. The van der Waals surface area contributed by atoms with Gasteiger partial charge in [0.2, 0.25) is 0 Å². The summed E-state index contributed by atoms with van der Waals surface area (Å²) in [5.74, 6) is 3.59. The van der Waals surface area contributed by atoms with Gasteiger partial charge in [0, 0.05) is 146 Å². The van der Waals surface area contributed by atoms with Crippen LogP contribution >= 0.6 is 0 Å². The highest BCUT2D eigenvalue weighted by molar-refractivity contribution is 6.09. The highest BCUT2D eigenvalue weighted by Gasteiger charge is 2.43. The molecular formula is C81H91N19O6. The Hall–Kier alpha value is -11.0. The fourth-order valence-corrected chi connectivity index (χ4v) is 15.9. The lowest BCUT2D eigenvalue weighted by molar-refractivity contribution is 0.0663. The van der Waals surface area contributed by atoms with Crippen LogP contribution in [0.1, 0.15) is 92.2 Å². The zero-order valence-corrected chi connectivity index (χ0v) is 61.1. The summed E-state index contributed by atoms with van der Waals surface area (Å²) in [6, 6.07) is 50.1. The number of hydrogen-bond donors (Lipinski definition) is 4. The summed E-state index contributed by atoms with van der Waals surface area (Å²) in [6.45, 7) is 15.1. The van der Waals surface area contributed by atoms with Gasteiger partial charge in [0.15, 0.2) is 0 Å². The van der Waals surface area contributed by atoms with E-state index >= 15 is 0 Å². The third-order valence-corrected chi connectivity index (χ3v) is 21.2. The van der Waals surface area contributed by atoms with Crippen molar-refractivity contribution in [1.82, 2.24) is 93.8 Å². The Kier molecular flexibility index (Phi) is 20.4. The van der Waals surface area contributed by atoms with Crippen molar-refractivity contribution in [2.75, 3.05) is 121 Å². The van der Waals surface area contributed by atoms with E-state index in [2.05, 4.69) is 106 Å². The minimum atomic E-state index is -0.0749. The molecule has 0 aliphatic carbocycles. The number of carbonyl (C=O) groups excluding carboxylic acids is 6. The van der Waals surface area contributed by atoms with E-state index in [0.717, 1.165) is 175 Å². The molecule has 11 heterocycles. The molecule has 2 unspecified atom stereocenters. The van der Waals surface area contributed by atoms with Crippen molar-refractivity contribution in [3.8, 4) is 22.8 Å². The number of fused-ring (bicyclic) bond motifs is 2. The second-order valence-electron chi connectivity index (χ2n) is 29.0. The van der Waals surface area contributed by atoms with E-state index in [1.54, 1.807) is 4.90 Å².